The topological polar surface area (TPSA) is 54.5 Å². The summed E-state index contributed by atoms with van der Waals surface area (Å²) in [6.07, 6.45) is 0. The summed E-state index contributed by atoms with van der Waals surface area (Å²) in [5, 5.41) is 0.636. The van der Waals surface area contributed by atoms with Crippen LogP contribution in [0.2, 0.25) is 0 Å². The number of ketones is 1. The number of hydrogen-bond donors (Lipinski definition) is 0. The lowest BCUT2D eigenvalue weighted by Gasteiger charge is -2.21. The van der Waals surface area contributed by atoms with Gasteiger partial charge in [-0.1, -0.05) is 52.6 Å². The molecule has 1 heterocycles. The molecular weight excluding hydrogens is 366 g/mol. The van der Waals surface area contributed by atoms with E-state index in [9.17, 15) is 14.4 Å². The van der Waals surface area contributed by atoms with Gasteiger partial charge in [0.1, 0.15) is 0 Å². The molecule has 0 unspecified atom stereocenters. The van der Waals surface area contributed by atoms with Crippen LogP contribution >= 0.6 is 31.9 Å². The molecule has 1 aliphatic heterocycles. The number of rotatable bonds is 4. The number of nitrogens with zero attached hydrogens (tertiary/aromatic N) is 1. The van der Waals surface area contributed by atoms with Gasteiger partial charge >= 0.3 is 0 Å². The molecule has 0 bridgehead atoms. The molecule has 2 amide bonds. The van der Waals surface area contributed by atoms with Crippen LogP contribution in [-0.4, -0.2) is 39.7 Å². The van der Waals surface area contributed by atoms with E-state index in [4.69, 9.17) is 0 Å². The van der Waals surface area contributed by atoms with Gasteiger partial charge in [0.15, 0.2) is 5.78 Å². The summed E-state index contributed by atoms with van der Waals surface area (Å²) in [5.74, 6) is -0.873. The van der Waals surface area contributed by atoms with Crippen molar-refractivity contribution in [1.29, 1.82) is 0 Å². The number of halogens is 2. The summed E-state index contributed by atoms with van der Waals surface area (Å²) in [6, 6.07) is 0. The fraction of sp³-hybridized carbons (Fsp3) is 0.583. The number of amides is 2. The highest BCUT2D eigenvalue weighted by atomic mass is 79.9. The monoisotopic (exact) mass is 379 g/mol. The second-order valence-corrected chi connectivity index (χ2v) is 6.22. The van der Waals surface area contributed by atoms with Gasteiger partial charge in [0, 0.05) is 27.2 Å². The quantitative estimate of drug-likeness (QED) is 0.554. The summed E-state index contributed by atoms with van der Waals surface area (Å²) in [6.45, 7) is 5.15. The first-order chi connectivity index (χ1) is 8.23. The molecule has 0 aromatic heterocycles. The molecule has 0 aliphatic carbocycles. The molecule has 0 aromatic carbocycles. The van der Waals surface area contributed by atoms with Gasteiger partial charge in [-0.2, -0.15) is 0 Å². The Labute approximate surface area is 123 Å². The number of Topliss-reactive ketones (excluding diaryl/α,β-unsaturated/α-hetero) is 1. The van der Waals surface area contributed by atoms with E-state index in [2.05, 4.69) is 31.9 Å². The summed E-state index contributed by atoms with van der Waals surface area (Å²) in [4.78, 5) is 37.0. The van der Waals surface area contributed by atoms with Crippen LogP contribution in [0.4, 0.5) is 0 Å². The first-order valence-electron chi connectivity index (χ1n) is 5.47. The zero-order valence-electron chi connectivity index (χ0n) is 10.5. The maximum absolute atomic E-state index is 12.0. The van der Waals surface area contributed by atoms with Crippen molar-refractivity contribution in [1.82, 2.24) is 4.90 Å². The first kappa shape index (κ1) is 15.6. The molecule has 18 heavy (non-hydrogen) atoms. The second kappa shape index (κ2) is 5.65. The smallest absolute Gasteiger partial charge is 0.258 e. The van der Waals surface area contributed by atoms with E-state index in [1.54, 1.807) is 20.8 Å². The maximum Gasteiger partial charge on any atom is 0.258 e. The SMILES string of the molecule is CC(C)(C)C(=O)CN1C(=O)C(CBr)=C(CBr)C1=O. The fourth-order valence-electron chi connectivity index (χ4n) is 1.48. The average molecular weight is 381 g/mol. The minimum atomic E-state index is -0.563. The van der Waals surface area contributed by atoms with Gasteiger partial charge in [-0.3, -0.25) is 19.3 Å². The van der Waals surface area contributed by atoms with E-state index in [0.717, 1.165) is 4.90 Å². The Kier molecular flexibility index (Phi) is 4.89. The number of hydrogen-bond acceptors (Lipinski definition) is 3. The van der Waals surface area contributed by atoms with Gasteiger partial charge in [-0.15, -0.1) is 0 Å². The molecule has 1 aliphatic rings. The minimum absolute atomic E-state index is 0.131. The number of alkyl halides is 2. The molecule has 0 atom stereocenters. The van der Waals surface area contributed by atoms with Crippen LogP contribution < -0.4 is 0 Å². The zero-order chi connectivity index (χ0) is 14.1. The maximum atomic E-state index is 12.0. The zero-order valence-corrected chi connectivity index (χ0v) is 13.7. The van der Waals surface area contributed by atoms with Crippen molar-refractivity contribution in [2.75, 3.05) is 17.2 Å². The number of carbonyl (C=O) groups is 3. The number of carbonyl (C=O) groups excluding carboxylic acids is 3. The van der Waals surface area contributed by atoms with Crippen LogP contribution in [0, 0.1) is 5.41 Å². The van der Waals surface area contributed by atoms with Crippen molar-refractivity contribution >= 4 is 49.5 Å². The minimum Gasteiger partial charge on any atom is -0.297 e. The second-order valence-electron chi connectivity index (χ2n) is 5.09. The highest BCUT2D eigenvalue weighted by Gasteiger charge is 2.39. The van der Waals surface area contributed by atoms with Crippen molar-refractivity contribution < 1.29 is 14.4 Å². The van der Waals surface area contributed by atoms with Crippen molar-refractivity contribution in [2.45, 2.75) is 20.8 Å². The molecule has 100 valence electrons. The van der Waals surface area contributed by atoms with E-state index in [1.807, 2.05) is 0 Å². The Balaban J connectivity index is 2.94. The van der Waals surface area contributed by atoms with Gasteiger partial charge in [0.25, 0.3) is 11.8 Å². The standard InChI is InChI=1S/C12H15Br2NO3/c1-12(2,3)9(16)6-15-10(17)7(4-13)8(5-14)11(15)18/h4-6H2,1-3H3. The summed E-state index contributed by atoms with van der Waals surface area (Å²) in [7, 11) is 0. The van der Waals surface area contributed by atoms with Gasteiger partial charge in [0.05, 0.1) is 6.54 Å². The largest absolute Gasteiger partial charge is 0.297 e. The Morgan fingerprint density at radius 2 is 1.44 bits per heavy atom. The predicted octanol–water partition coefficient (Wildman–Crippen LogP) is 2.06. The Morgan fingerprint density at radius 1 is 1.06 bits per heavy atom. The fourth-order valence-corrected chi connectivity index (χ4v) is 2.63. The van der Waals surface area contributed by atoms with E-state index < -0.39 is 5.41 Å². The Hall–Kier alpha value is -0.490. The van der Waals surface area contributed by atoms with E-state index in [0.29, 0.717) is 21.8 Å². The third kappa shape index (κ3) is 2.91. The molecule has 1 rings (SSSR count). The molecule has 0 fully saturated rings. The first-order valence-corrected chi connectivity index (χ1v) is 7.71. The molecule has 0 N–H and O–H groups in total. The van der Waals surface area contributed by atoms with Crippen molar-refractivity contribution in [3.8, 4) is 0 Å². The Bertz CT molecular complexity index is 409. The van der Waals surface area contributed by atoms with Crippen molar-refractivity contribution in [2.24, 2.45) is 5.41 Å². The molecule has 0 saturated heterocycles. The van der Waals surface area contributed by atoms with Crippen LogP contribution in [0.5, 0.6) is 0 Å². The highest BCUT2D eigenvalue weighted by molar-refractivity contribution is 9.09. The molecule has 6 heteroatoms. The summed E-state index contributed by atoms with van der Waals surface area (Å²) < 4.78 is 0. The third-order valence-corrected chi connectivity index (χ3v) is 3.90. The highest BCUT2D eigenvalue weighted by Crippen LogP contribution is 2.25. The van der Waals surface area contributed by atoms with Gasteiger partial charge in [0.2, 0.25) is 0 Å². The third-order valence-electron chi connectivity index (χ3n) is 2.78. The van der Waals surface area contributed by atoms with Crippen LogP contribution in [0.3, 0.4) is 0 Å². The molecule has 0 radical (unpaired) electrons. The lowest BCUT2D eigenvalue weighted by molar-refractivity contribution is -0.143. The average Bonchev–Trinajstić information content (AvgIpc) is 2.50. The van der Waals surface area contributed by atoms with Gasteiger partial charge < -0.3 is 0 Å². The van der Waals surface area contributed by atoms with Crippen molar-refractivity contribution in [3.05, 3.63) is 11.1 Å². The van der Waals surface area contributed by atoms with Crippen molar-refractivity contribution in [3.63, 3.8) is 0 Å². The molecular formula is C12H15Br2NO3. The number of imide groups is 1. The van der Waals surface area contributed by atoms with Crippen LogP contribution in [0.1, 0.15) is 20.8 Å². The molecule has 4 nitrogen and oxygen atoms in total. The lowest BCUT2D eigenvalue weighted by atomic mass is 9.90. The predicted molar refractivity (Wildman–Crippen MR) is 75.8 cm³/mol. The molecule has 0 saturated carbocycles. The normalized spacial score (nSPS) is 16.8. The van der Waals surface area contributed by atoms with E-state index >= 15 is 0 Å². The Morgan fingerprint density at radius 3 is 1.72 bits per heavy atom. The summed E-state index contributed by atoms with van der Waals surface area (Å²) >= 11 is 6.39. The van der Waals surface area contributed by atoms with E-state index in [1.165, 1.54) is 0 Å². The van der Waals surface area contributed by atoms with E-state index in [-0.39, 0.29) is 24.1 Å². The molecule has 0 spiro atoms. The van der Waals surface area contributed by atoms with Gasteiger partial charge in [-0.25, -0.2) is 0 Å². The van der Waals surface area contributed by atoms with Crippen LogP contribution in [0.25, 0.3) is 0 Å². The van der Waals surface area contributed by atoms with Crippen LogP contribution in [-0.2, 0) is 14.4 Å². The summed E-state index contributed by atoms with van der Waals surface area (Å²) in [5.41, 5.74) is 0.295. The van der Waals surface area contributed by atoms with Gasteiger partial charge in [-0.05, 0) is 0 Å². The van der Waals surface area contributed by atoms with Crippen LogP contribution in [0.15, 0.2) is 11.1 Å². The lowest BCUT2D eigenvalue weighted by Crippen LogP contribution is -2.40. The molecule has 0 aromatic rings.